The van der Waals surface area contributed by atoms with Crippen LogP contribution in [-0.2, 0) is 24.4 Å². The van der Waals surface area contributed by atoms with E-state index in [1.807, 2.05) is 50.3 Å². The van der Waals surface area contributed by atoms with E-state index in [9.17, 15) is 36.4 Å². The molecule has 1 aromatic heterocycles. The van der Waals surface area contributed by atoms with Gasteiger partial charge in [-0.25, -0.2) is 31.3 Å². The molecule has 3 heterocycles. The van der Waals surface area contributed by atoms with Crippen LogP contribution in [0.4, 0.5) is 13.6 Å². The highest BCUT2D eigenvalue weighted by Gasteiger charge is 2.63. The molecule has 17 heteroatoms. The first-order valence-electron chi connectivity index (χ1n) is 20.0. The van der Waals surface area contributed by atoms with Crippen LogP contribution in [0.25, 0.3) is 10.8 Å². The van der Waals surface area contributed by atoms with Crippen molar-refractivity contribution in [3.63, 3.8) is 0 Å². The summed E-state index contributed by atoms with van der Waals surface area (Å²) in [5.41, 5.74) is -1.58. The van der Waals surface area contributed by atoms with Gasteiger partial charge in [0.1, 0.15) is 35.3 Å². The van der Waals surface area contributed by atoms with Crippen molar-refractivity contribution in [3.05, 3.63) is 72.4 Å². The second kappa shape index (κ2) is 16.7. The van der Waals surface area contributed by atoms with Crippen molar-refractivity contribution in [3.8, 4) is 17.4 Å². The number of nitrogens with zero attached hydrogens (tertiary/aromatic N) is 3. The third-order valence-electron chi connectivity index (χ3n) is 11.7. The number of carbonyl (C=O) groups excluding carboxylic acids is 4. The number of allylic oxidation sites excluding steroid dienone is 1. The van der Waals surface area contributed by atoms with E-state index < -0.39 is 92.0 Å². The molecule has 4 amide bonds. The minimum atomic E-state index is -3.95. The number of sulfonamides is 1. The molecule has 7 rings (SSSR count). The Hall–Kier alpha value is -5.32. The van der Waals surface area contributed by atoms with Gasteiger partial charge in [-0.15, -0.1) is 0 Å². The first kappa shape index (κ1) is 41.8. The van der Waals surface area contributed by atoms with Gasteiger partial charge in [0.05, 0.1) is 24.6 Å². The summed E-state index contributed by atoms with van der Waals surface area (Å²) in [5.74, 6) is -4.88. The highest BCUT2D eigenvalue weighted by Crippen LogP contribution is 2.48. The fourth-order valence-electron chi connectivity index (χ4n) is 8.26. The van der Waals surface area contributed by atoms with Gasteiger partial charge < -0.3 is 29.7 Å². The Labute approximate surface area is 341 Å². The lowest BCUT2D eigenvalue weighted by atomic mass is 9.88. The number of rotatable bonds is 9. The number of halogens is 2. The van der Waals surface area contributed by atoms with Gasteiger partial charge in [-0.2, -0.15) is 0 Å². The first-order valence-corrected chi connectivity index (χ1v) is 21.5. The van der Waals surface area contributed by atoms with Crippen molar-refractivity contribution in [1.29, 1.82) is 0 Å². The zero-order chi connectivity index (χ0) is 42.2. The zero-order valence-electron chi connectivity index (χ0n) is 33.4. The summed E-state index contributed by atoms with van der Waals surface area (Å²) in [6.07, 6.45) is 6.03. The quantitative estimate of drug-likeness (QED) is 0.271. The van der Waals surface area contributed by atoms with Crippen molar-refractivity contribution in [2.45, 2.75) is 94.7 Å². The van der Waals surface area contributed by atoms with Crippen molar-refractivity contribution in [2.75, 3.05) is 20.2 Å². The minimum Gasteiger partial charge on any atom is -0.492 e. The van der Waals surface area contributed by atoms with Gasteiger partial charge in [0.25, 0.3) is 5.91 Å². The molecule has 2 saturated carbocycles. The molecule has 59 heavy (non-hydrogen) atoms. The van der Waals surface area contributed by atoms with Crippen molar-refractivity contribution >= 4 is 44.6 Å². The molecule has 4 aliphatic rings. The molecule has 2 N–H and O–H groups in total. The normalized spacial score (nSPS) is 27.9. The fraction of sp³-hybridized carbons (Fsp3) is 0.500. The molecule has 14 nitrogen and oxygen atoms in total. The van der Waals surface area contributed by atoms with Crippen LogP contribution in [0.1, 0.15) is 65.7 Å². The topological polar surface area (TPSA) is 174 Å². The number of pyridine rings is 1. The summed E-state index contributed by atoms with van der Waals surface area (Å²) in [6, 6.07) is 7.25. The minimum absolute atomic E-state index is 0.0343. The van der Waals surface area contributed by atoms with Crippen LogP contribution in [0.15, 0.2) is 60.8 Å². The smallest absolute Gasteiger partial charge is 0.413 e. The SMILES string of the molecule is CCOc1cnc(O[C@@H]2C[C@H]3C(=O)N[C@]4(C(=O)N(C)S(=O)(=O)C5CC5)C[C@H]4/C=C\CC[C@@H](C)C[C@@H](C)[C@H](NC(=O)Oc4ccc(F)cc4F)C(=O)N3C2)c2ccccc12. The largest absolute Gasteiger partial charge is 0.492 e. The molecule has 0 radical (unpaired) electrons. The monoisotopic (exact) mass is 837 g/mol. The molecule has 1 saturated heterocycles. The number of likely N-dealkylation sites (N-methyl/N-ethyl adjacent to an activating group) is 1. The number of hydrogen-bond donors (Lipinski definition) is 2. The number of fused-ring (bicyclic) bond motifs is 3. The van der Waals surface area contributed by atoms with Gasteiger partial charge >= 0.3 is 6.09 Å². The summed E-state index contributed by atoms with van der Waals surface area (Å²) < 4.78 is 72.8. The standard InChI is InChI=1S/C42H49F2N5O9S/c1-5-56-35-22-45-38(31-13-9-8-12-30(31)35)57-28-20-33-37(50)47-42(40(52)48(4)59(54,55)29-15-16-29)21-26(42)11-7-6-10-24(2)18-25(3)36(39(51)49(33)23-28)46-41(53)58-34-17-14-27(43)19-32(34)44/h7-9,11-14,17,19,22,24-26,28-29,33,36H,5-6,10,15-16,18,20-21,23H2,1-4H3,(H,46,53)(H,47,50)/b11-7-/t24-,25-,26-,28-,33+,36+,42-/m1/s1. The van der Waals surface area contributed by atoms with Crippen LogP contribution in [0.3, 0.4) is 0 Å². The number of carbonyl (C=O) groups is 4. The highest BCUT2D eigenvalue weighted by atomic mass is 32.2. The van der Waals surface area contributed by atoms with Crippen LogP contribution in [-0.4, -0.2) is 95.6 Å². The lowest BCUT2D eigenvalue weighted by molar-refractivity contribution is -0.142. The number of amides is 4. The highest BCUT2D eigenvalue weighted by molar-refractivity contribution is 7.90. The number of aromatic nitrogens is 1. The van der Waals surface area contributed by atoms with E-state index >= 15 is 0 Å². The second-order valence-electron chi connectivity index (χ2n) is 16.1. The van der Waals surface area contributed by atoms with Crippen molar-refractivity contribution < 1.29 is 50.6 Å². The molecular weight excluding hydrogens is 789 g/mol. The Morgan fingerprint density at radius 1 is 1.05 bits per heavy atom. The summed E-state index contributed by atoms with van der Waals surface area (Å²) in [4.78, 5) is 62.8. The van der Waals surface area contributed by atoms with E-state index in [2.05, 4.69) is 15.6 Å². The number of hydrogen-bond acceptors (Lipinski definition) is 10. The van der Waals surface area contributed by atoms with E-state index in [4.69, 9.17) is 14.2 Å². The zero-order valence-corrected chi connectivity index (χ0v) is 34.2. The Morgan fingerprint density at radius 3 is 2.51 bits per heavy atom. The summed E-state index contributed by atoms with van der Waals surface area (Å²) in [7, 11) is -2.74. The van der Waals surface area contributed by atoms with Crippen LogP contribution in [0.2, 0.25) is 0 Å². The molecule has 7 atom stereocenters. The molecular formula is C42H49F2N5O9S. The van der Waals surface area contributed by atoms with E-state index in [1.165, 1.54) is 18.1 Å². The third-order valence-corrected chi connectivity index (χ3v) is 13.9. The predicted octanol–water partition coefficient (Wildman–Crippen LogP) is 5.26. The Kier molecular flexibility index (Phi) is 11.9. The van der Waals surface area contributed by atoms with E-state index in [1.54, 1.807) is 6.92 Å². The maximum Gasteiger partial charge on any atom is 0.413 e. The Balaban J connectivity index is 1.23. The van der Waals surface area contributed by atoms with Gasteiger partial charge in [0.15, 0.2) is 11.6 Å². The number of nitrogens with one attached hydrogen (secondary N) is 2. The molecule has 2 aromatic carbocycles. The van der Waals surface area contributed by atoms with Gasteiger partial charge in [0, 0.05) is 36.2 Å². The van der Waals surface area contributed by atoms with E-state index in [0.29, 0.717) is 55.9 Å². The van der Waals surface area contributed by atoms with Crippen LogP contribution in [0.5, 0.6) is 17.4 Å². The predicted molar refractivity (Wildman–Crippen MR) is 212 cm³/mol. The second-order valence-corrected chi connectivity index (χ2v) is 18.3. The molecule has 316 valence electrons. The molecule has 0 bridgehead atoms. The number of benzene rings is 2. The lowest BCUT2D eigenvalue weighted by Crippen LogP contribution is -2.59. The summed E-state index contributed by atoms with van der Waals surface area (Å²) in [5, 5.41) is 6.19. The van der Waals surface area contributed by atoms with Crippen LogP contribution < -0.4 is 24.8 Å². The average Bonchev–Trinajstić information content (AvgIpc) is 4.13. The molecule has 0 unspecified atom stereocenters. The maximum absolute atomic E-state index is 14.9. The van der Waals surface area contributed by atoms with Crippen LogP contribution in [0, 0.1) is 29.4 Å². The van der Waals surface area contributed by atoms with E-state index in [-0.39, 0.29) is 31.2 Å². The average molecular weight is 838 g/mol. The van der Waals surface area contributed by atoms with Gasteiger partial charge in [-0.05, 0) is 75.5 Å². The van der Waals surface area contributed by atoms with Crippen LogP contribution >= 0.6 is 0 Å². The molecule has 2 aliphatic heterocycles. The molecule has 3 aromatic rings. The summed E-state index contributed by atoms with van der Waals surface area (Å²) >= 11 is 0. The van der Waals surface area contributed by atoms with Crippen molar-refractivity contribution in [1.82, 2.24) is 24.8 Å². The van der Waals surface area contributed by atoms with Gasteiger partial charge in [-0.3, -0.25) is 14.4 Å². The third kappa shape index (κ3) is 8.70. The van der Waals surface area contributed by atoms with E-state index in [0.717, 1.165) is 21.8 Å². The Morgan fingerprint density at radius 2 is 1.80 bits per heavy atom. The molecule has 0 spiro atoms. The lowest BCUT2D eigenvalue weighted by Gasteiger charge is -2.33. The van der Waals surface area contributed by atoms with Crippen molar-refractivity contribution in [2.24, 2.45) is 17.8 Å². The summed E-state index contributed by atoms with van der Waals surface area (Å²) in [6.45, 7) is 5.90. The first-order chi connectivity index (χ1) is 28.1. The Bertz CT molecular complexity index is 2270. The van der Waals surface area contributed by atoms with Gasteiger partial charge in [0.2, 0.25) is 27.7 Å². The molecule has 2 aliphatic carbocycles. The maximum atomic E-state index is 14.9. The number of ether oxygens (including phenoxy) is 3. The fourth-order valence-corrected chi connectivity index (χ4v) is 9.83. The van der Waals surface area contributed by atoms with Gasteiger partial charge in [-0.1, -0.05) is 44.2 Å². The molecule has 3 fully saturated rings.